The molecule has 0 radical (unpaired) electrons. The van der Waals surface area contributed by atoms with Gasteiger partial charge in [0, 0.05) is 34.2 Å². The molecular weight excluding hydrogens is 354 g/mol. The summed E-state index contributed by atoms with van der Waals surface area (Å²) in [7, 11) is 5.27. The summed E-state index contributed by atoms with van der Waals surface area (Å²) >= 11 is 0. The maximum absolute atomic E-state index is 12.6. The van der Waals surface area contributed by atoms with Gasteiger partial charge in [0.05, 0.1) is 12.0 Å². The van der Waals surface area contributed by atoms with Gasteiger partial charge in [0.15, 0.2) is 5.96 Å². The quantitative estimate of drug-likeness (QED) is 0.462. The molecule has 154 valence electrons. The highest BCUT2D eigenvalue weighted by Gasteiger charge is 2.42. The Hall–Kier alpha value is -2.57. The largest absolute Gasteiger partial charge is 0.355 e. The number of rotatable bonds is 8. The molecule has 1 saturated carbocycles. The molecule has 0 heterocycles. The Balaban J connectivity index is 1.74. The van der Waals surface area contributed by atoms with Crippen LogP contribution >= 0.6 is 0 Å². The summed E-state index contributed by atoms with van der Waals surface area (Å²) in [5, 5.41) is 9.17. The lowest BCUT2D eigenvalue weighted by atomic mass is 9.84. The van der Waals surface area contributed by atoms with Gasteiger partial charge in [-0.3, -0.25) is 14.6 Å². The fraction of sp³-hybridized carbons (Fsp3) is 0.571. The number of benzene rings is 1. The highest BCUT2D eigenvalue weighted by atomic mass is 16.2. The minimum Gasteiger partial charge on any atom is -0.355 e. The van der Waals surface area contributed by atoms with Crippen LogP contribution in [-0.4, -0.2) is 63.5 Å². The highest BCUT2D eigenvalue weighted by molar-refractivity contribution is 5.87. The number of hydrogen-bond acceptors (Lipinski definition) is 3. The molecule has 0 atom stereocenters. The minimum absolute atomic E-state index is 0.0844. The van der Waals surface area contributed by atoms with E-state index >= 15 is 0 Å². The van der Waals surface area contributed by atoms with Gasteiger partial charge in [-0.25, -0.2) is 0 Å². The van der Waals surface area contributed by atoms with E-state index in [1.807, 2.05) is 30.3 Å². The summed E-state index contributed by atoms with van der Waals surface area (Å²) in [4.78, 5) is 30.5. The Morgan fingerprint density at radius 3 is 2.36 bits per heavy atom. The van der Waals surface area contributed by atoms with Crippen molar-refractivity contribution in [1.82, 2.24) is 20.9 Å². The van der Waals surface area contributed by atoms with Gasteiger partial charge >= 0.3 is 0 Å². The molecule has 2 rings (SSSR count). The van der Waals surface area contributed by atoms with E-state index < -0.39 is 0 Å². The number of aliphatic imine (C=N–C) groups is 1. The average Bonchev–Trinajstić information content (AvgIpc) is 3.18. The number of nitrogens with one attached hydrogen (secondary N) is 3. The van der Waals surface area contributed by atoms with Crippen molar-refractivity contribution in [2.75, 3.05) is 40.8 Å². The highest BCUT2D eigenvalue weighted by Crippen LogP contribution is 2.38. The lowest BCUT2D eigenvalue weighted by Crippen LogP contribution is -2.50. The summed E-state index contributed by atoms with van der Waals surface area (Å²) in [6.45, 7) is 1.26. The molecule has 3 N–H and O–H groups in total. The number of carbonyl (C=O) groups is 2. The zero-order chi connectivity index (χ0) is 20.4. The lowest BCUT2D eigenvalue weighted by Gasteiger charge is -2.31. The van der Waals surface area contributed by atoms with Crippen LogP contribution in [0.1, 0.15) is 31.2 Å². The van der Waals surface area contributed by atoms with Gasteiger partial charge < -0.3 is 20.9 Å². The van der Waals surface area contributed by atoms with Crippen molar-refractivity contribution in [2.24, 2.45) is 10.4 Å². The van der Waals surface area contributed by atoms with Gasteiger partial charge in [-0.1, -0.05) is 43.2 Å². The molecule has 7 nitrogen and oxygen atoms in total. The summed E-state index contributed by atoms with van der Waals surface area (Å²) in [6.07, 6.45) is 4.70. The minimum atomic E-state index is -0.376. The first-order valence-electron chi connectivity index (χ1n) is 9.94. The van der Waals surface area contributed by atoms with Gasteiger partial charge in [0.25, 0.3) is 0 Å². The van der Waals surface area contributed by atoms with Gasteiger partial charge in [-0.15, -0.1) is 0 Å². The van der Waals surface area contributed by atoms with Crippen LogP contribution in [-0.2, 0) is 16.0 Å². The molecule has 2 amide bonds. The first kappa shape index (κ1) is 21.7. The number of carbonyl (C=O) groups excluding carboxylic acids is 2. The summed E-state index contributed by atoms with van der Waals surface area (Å²) in [5.74, 6) is 0.612. The van der Waals surface area contributed by atoms with E-state index in [0.29, 0.717) is 19.0 Å². The zero-order valence-electron chi connectivity index (χ0n) is 17.3. The normalized spacial score (nSPS) is 15.8. The third kappa shape index (κ3) is 6.25. The van der Waals surface area contributed by atoms with Gasteiger partial charge in [0.2, 0.25) is 11.8 Å². The van der Waals surface area contributed by atoms with Crippen molar-refractivity contribution >= 4 is 17.8 Å². The molecule has 1 aliphatic carbocycles. The maximum Gasteiger partial charge on any atom is 0.239 e. The van der Waals surface area contributed by atoms with Crippen molar-refractivity contribution in [3.8, 4) is 0 Å². The lowest BCUT2D eigenvalue weighted by molar-refractivity contribution is -0.138. The van der Waals surface area contributed by atoms with Crippen LogP contribution in [0.5, 0.6) is 0 Å². The van der Waals surface area contributed by atoms with Crippen LogP contribution in [0.3, 0.4) is 0 Å². The number of guanidine groups is 1. The van der Waals surface area contributed by atoms with Crippen molar-refractivity contribution in [2.45, 2.75) is 32.1 Å². The molecule has 0 saturated heterocycles. The van der Waals surface area contributed by atoms with Crippen LogP contribution in [0.2, 0.25) is 0 Å². The smallest absolute Gasteiger partial charge is 0.239 e. The van der Waals surface area contributed by atoms with E-state index in [9.17, 15) is 9.59 Å². The van der Waals surface area contributed by atoms with Crippen molar-refractivity contribution in [3.05, 3.63) is 35.9 Å². The molecule has 0 unspecified atom stereocenters. The predicted molar refractivity (Wildman–Crippen MR) is 112 cm³/mol. The van der Waals surface area contributed by atoms with E-state index in [-0.39, 0.29) is 23.8 Å². The molecule has 28 heavy (non-hydrogen) atoms. The molecule has 0 bridgehead atoms. The molecular formula is C21H33N5O2. The molecule has 1 fully saturated rings. The van der Waals surface area contributed by atoms with Crippen molar-refractivity contribution in [1.29, 1.82) is 0 Å². The fourth-order valence-electron chi connectivity index (χ4n) is 3.68. The van der Waals surface area contributed by atoms with Crippen molar-refractivity contribution in [3.63, 3.8) is 0 Å². The topological polar surface area (TPSA) is 85.8 Å². The monoisotopic (exact) mass is 387 g/mol. The molecule has 1 aromatic carbocycles. The third-order valence-corrected chi connectivity index (χ3v) is 5.23. The first-order valence-corrected chi connectivity index (χ1v) is 9.94. The second kappa shape index (κ2) is 10.7. The molecule has 0 aromatic heterocycles. The van der Waals surface area contributed by atoms with Crippen molar-refractivity contribution < 1.29 is 9.59 Å². The van der Waals surface area contributed by atoms with E-state index in [1.165, 1.54) is 5.56 Å². The Kier molecular flexibility index (Phi) is 8.29. The van der Waals surface area contributed by atoms with Gasteiger partial charge in [-0.05, 0) is 24.8 Å². The number of hydrogen-bond donors (Lipinski definition) is 3. The first-order chi connectivity index (χ1) is 13.5. The SMILES string of the molecule is CN=C(NCC(=O)NCCc1ccccc1)NCC1(C(=O)N(C)C)CCCC1. The molecule has 7 heteroatoms. The fourth-order valence-corrected chi connectivity index (χ4v) is 3.68. The molecule has 1 aromatic rings. The van der Waals surface area contributed by atoms with E-state index in [0.717, 1.165) is 32.1 Å². The number of amides is 2. The van der Waals surface area contributed by atoms with Gasteiger partial charge in [0.1, 0.15) is 0 Å². The zero-order valence-corrected chi connectivity index (χ0v) is 17.3. The van der Waals surface area contributed by atoms with Crippen LogP contribution in [0.15, 0.2) is 35.3 Å². The van der Waals surface area contributed by atoms with E-state index in [4.69, 9.17) is 0 Å². The Labute approximate surface area is 168 Å². The van der Waals surface area contributed by atoms with Crippen LogP contribution in [0.25, 0.3) is 0 Å². The van der Waals surface area contributed by atoms with Crippen LogP contribution < -0.4 is 16.0 Å². The second-order valence-corrected chi connectivity index (χ2v) is 7.55. The van der Waals surface area contributed by atoms with Crippen LogP contribution in [0.4, 0.5) is 0 Å². The average molecular weight is 388 g/mol. The summed E-state index contributed by atoms with van der Waals surface area (Å²) < 4.78 is 0. The second-order valence-electron chi connectivity index (χ2n) is 7.55. The maximum atomic E-state index is 12.6. The Morgan fingerprint density at radius 2 is 1.75 bits per heavy atom. The van der Waals surface area contributed by atoms with E-state index in [1.54, 1.807) is 26.0 Å². The van der Waals surface area contributed by atoms with Gasteiger partial charge in [-0.2, -0.15) is 0 Å². The summed E-state index contributed by atoms with van der Waals surface area (Å²) in [5.41, 5.74) is 0.819. The molecule has 0 aliphatic heterocycles. The van der Waals surface area contributed by atoms with E-state index in [2.05, 4.69) is 20.9 Å². The summed E-state index contributed by atoms with van der Waals surface area (Å²) in [6, 6.07) is 10.1. The Bertz CT molecular complexity index is 667. The standard InChI is InChI=1S/C21H33N5O2/c1-22-20(25-16-21(12-7-8-13-21)19(28)26(2)3)24-15-18(27)23-14-11-17-9-5-4-6-10-17/h4-6,9-10H,7-8,11-16H2,1-3H3,(H,23,27)(H2,22,24,25). The predicted octanol–water partition coefficient (Wildman–Crippen LogP) is 1.16. The number of nitrogens with zero attached hydrogens (tertiary/aromatic N) is 2. The molecule has 1 aliphatic rings. The third-order valence-electron chi connectivity index (χ3n) is 5.23. The van der Waals surface area contributed by atoms with Crippen LogP contribution in [0, 0.1) is 5.41 Å². The molecule has 0 spiro atoms. The Morgan fingerprint density at radius 1 is 1.07 bits per heavy atom.